The van der Waals surface area contributed by atoms with Gasteiger partial charge in [-0.3, -0.25) is 0 Å². The van der Waals surface area contributed by atoms with E-state index in [0.29, 0.717) is 34.9 Å². The van der Waals surface area contributed by atoms with Gasteiger partial charge in [0, 0.05) is 64.4 Å². The van der Waals surface area contributed by atoms with Gasteiger partial charge in [0.2, 0.25) is 0 Å². The minimum Gasteiger partial charge on any atom is -0.208 e. The zero-order valence-electron chi connectivity index (χ0n) is 57.1. The van der Waals surface area contributed by atoms with E-state index in [2.05, 4.69) is 264 Å². The van der Waals surface area contributed by atoms with Gasteiger partial charge in [-0.05, 0) is 163 Å². The number of rotatable bonds is 7. The molecule has 21 rings (SSSR count). The standard InChI is InChI=1S/C48H31N3S.C48H33N3/c1-48(2)39-14-8-6-13-37(39)44-36-22-18-28-16-17-30-26-31(19-21-33(30)43(28)35(36)23-24-40(44)48)46-49-45(29-10-4-3-5-11-29)50-47(51-46)32-20-25-42-38(27-32)34-12-7-9-15-41(34)52-42;1-48(2)41-19-10-9-18-40(41)44-39-25-22-30-20-21-35-28-34(23-24-37(35)43(30)38(39)26-27-42(44)48)33-16-11-17-36(29-33)47-50-45(31-12-5-3-6-13-31)49-46(51-47)32-14-7-4-8-15-32/h3-27H,1-2H3;3-29H,1-2H3. The number of benzene rings is 16. The van der Waals surface area contributed by atoms with Crippen LogP contribution in [0.3, 0.4) is 0 Å². The molecular formula is C96H64N6S. The smallest absolute Gasteiger partial charge is 0.164 e. The number of hydrogen-bond donors (Lipinski definition) is 0. The molecule has 0 saturated heterocycles. The molecule has 0 aliphatic heterocycles. The van der Waals surface area contributed by atoms with Crippen LogP contribution in [0.5, 0.6) is 0 Å². The molecule has 2 aliphatic rings. The topological polar surface area (TPSA) is 77.3 Å². The number of hydrogen-bond acceptors (Lipinski definition) is 7. The van der Waals surface area contributed by atoms with E-state index < -0.39 is 0 Å². The molecule has 0 radical (unpaired) electrons. The Kier molecular flexibility index (Phi) is 13.7. The molecule has 0 atom stereocenters. The fourth-order valence-electron chi connectivity index (χ4n) is 16.7. The van der Waals surface area contributed by atoms with Gasteiger partial charge >= 0.3 is 0 Å². The molecule has 3 aromatic heterocycles. The molecule has 6 nitrogen and oxygen atoms in total. The molecule has 0 N–H and O–H groups in total. The maximum atomic E-state index is 5.15. The van der Waals surface area contributed by atoms with Crippen molar-refractivity contribution < 1.29 is 0 Å². The van der Waals surface area contributed by atoms with E-state index in [9.17, 15) is 0 Å². The third kappa shape index (κ3) is 9.82. The van der Waals surface area contributed by atoms with Crippen LogP contribution in [0.2, 0.25) is 0 Å². The van der Waals surface area contributed by atoms with Crippen LogP contribution in [0.25, 0.3) is 187 Å². The summed E-state index contributed by atoms with van der Waals surface area (Å²) >= 11 is 1.82. The molecule has 0 spiro atoms. The zero-order valence-corrected chi connectivity index (χ0v) is 57.9. The van der Waals surface area contributed by atoms with Crippen LogP contribution in [0.1, 0.15) is 49.9 Å². The van der Waals surface area contributed by atoms with Gasteiger partial charge in [-0.1, -0.05) is 301 Å². The Hall–Kier alpha value is -12.7. The average molecular weight is 1330 g/mol. The Morgan fingerprint density at radius 1 is 0.214 bits per heavy atom. The highest BCUT2D eigenvalue weighted by Gasteiger charge is 2.38. The van der Waals surface area contributed by atoms with Crippen LogP contribution >= 0.6 is 11.3 Å². The van der Waals surface area contributed by atoms with Crippen molar-refractivity contribution in [2.24, 2.45) is 0 Å². The van der Waals surface area contributed by atoms with Crippen molar-refractivity contribution in [3.05, 3.63) is 338 Å². The lowest BCUT2D eigenvalue weighted by atomic mass is 9.82. The largest absolute Gasteiger partial charge is 0.208 e. The summed E-state index contributed by atoms with van der Waals surface area (Å²) in [5.41, 5.74) is 19.0. The van der Waals surface area contributed by atoms with Crippen molar-refractivity contribution in [2.45, 2.75) is 38.5 Å². The van der Waals surface area contributed by atoms with Crippen LogP contribution < -0.4 is 0 Å². The predicted molar refractivity (Wildman–Crippen MR) is 431 cm³/mol. The van der Waals surface area contributed by atoms with Gasteiger partial charge in [0.25, 0.3) is 0 Å². The summed E-state index contributed by atoms with van der Waals surface area (Å²) < 4.78 is 2.54. The first kappa shape index (κ1) is 60.3. The second-order valence-electron chi connectivity index (χ2n) is 28.4. The number of thiophene rings is 1. The lowest BCUT2D eigenvalue weighted by Crippen LogP contribution is -2.14. The maximum Gasteiger partial charge on any atom is 0.164 e. The van der Waals surface area contributed by atoms with Crippen molar-refractivity contribution in [3.63, 3.8) is 0 Å². The lowest BCUT2D eigenvalue weighted by Gasteiger charge is -2.21. The number of aromatic nitrogens is 6. The molecule has 19 aromatic rings. The van der Waals surface area contributed by atoms with Crippen molar-refractivity contribution in [3.8, 4) is 102 Å². The van der Waals surface area contributed by atoms with Gasteiger partial charge in [-0.25, -0.2) is 29.9 Å². The van der Waals surface area contributed by atoms with Gasteiger partial charge in [-0.15, -0.1) is 11.3 Å². The van der Waals surface area contributed by atoms with Crippen molar-refractivity contribution in [1.29, 1.82) is 0 Å². The molecule has 0 bridgehead atoms. The van der Waals surface area contributed by atoms with E-state index in [0.717, 1.165) is 49.9 Å². The SMILES string of the molecule is CC1(C)c2ccccc2-c2c1ccc1c2ccc2ccc3cc(-c4cccc(-c5nc(-c6ccccc6)nc(-c6ccccc6)n5)c4)ccc3c21.CC1(C)c2ccccc2-c2c1ccc1c2ccc2ccc3cc(-c4nc(-c5ccccc5)nc(-c5ccc6sc7ccccc7c6c5)n4)ccc3c21. The van der Waals surface area contributed by atoms with E-state index in [1.54, 1.807) is 0 Å². The normalized spacial score (nSPS) is 13.2. The fraction of sp³-hybridized carbons (Fsp3) is 0.0625. The molecular weight excluding hydrogens is 1270 g/mol. The molecule has 0 saturated carbocycles. The van der Waals surface area contributed by atoms with Crippen LogP contribution in [0.4, 0.5) is 0 Å². The molecule has 0 fully saturated rings. The van der Waals surface area contributed by atoms with Crippen LogP contribution in [0.15, 0.2) is 315 Å². The second-order valence-corrected chi connectivity index (χ2v) is 29.5. The summed E-state index contributed by atoms with van der Waals surface area (Å²) in [5, 5.41) is 17.7. The van der Waals surface area contributed by atoms with E-state index in [1.807, 2.05) is 90.2 Å². The predicted octanol–water partition coefficient (Wildman–Crippen LogP) is 25.3. The van der Waals surface area contributed by atoms with Crippen LogP contribution in [0, 0.1) is 0 Å². The molecule has 3 heterocycles. The number of fused-ring (bicyclic) bond motifs is 21. The summed E-state index contributed by atoms with van der Waals surface area (Å²) in [6, 6.07) is 113. The van der Waals surface area contributed by atoms with Gasteiger partial charge in [0.15, 0.2) is 34.9 Å². The van der Waals surface area contributed by atoms with E-state index in [1.165, 1.54) is 124 Å². The third-order valence-electron chi connectivity index (χ3n) is 21.8. The van der Waals surface area contributed by atoms with Crippen LogP contribution in [-0.2, 0) is 10.8 Å². The average Bonchev–Trinajstić information content (AvgIpc) is 1.61. The quantitative estimate of drug-likeness (QED) is 0.148. The Morgan fingerprint density at radius 2 is 0.563 bits per heavy atom. The first-order valence-electron chi connectivity index (χ1n) is 35.3. The van der Waals surface area contributed by atoms with Crippen molar-refractivity contribution in [2.75, 3.05) is 0 Å². The van der Waals surface area contributed by atoms with Crippen molar-refractivity contribution >= 4 is 96.1 Å². The second kappa shape index (κ2) is 23.5. The van der Waals surface area contributed by atoms with Gasteiger partial charge in [-0.2, -0.15) is 0 Å². The Labute approximate surface area is 600 Å². The summed E-state index contributed by atoms with van der Waals surface area (Å²) in [4.78, 5) is 30.1. The Morgan fingerprint density at radius 3 is 1.09 bits per heavy atom. The van der Waals surface area contributed by atoms with Gasteiger partial charge in [0.05, 0.1) is 0 Å². The molecule has 103 heavy (non-hydrogen) atoms. The summed E-state index contributed by atoms with van der Waals surface area (Å²) in [6.45, 7) is 9.39. The minimum absolute atomic E-state index is 0.0230. The lowest BCUT2D eigenvalue weighted by molar-refractivity contribution is 0.660. The Balaban J connectivity index is 0.000000138. The van der Waals surface area contributed by atoms with E-state index in [4.69, 9.17) is 29.9 Å². The molecule has 2 aliphatic carbocycles. The van der Waals surface area contributed by atoms with E-state index in [-0.39, 0.29) is 10.8 Å². The van der Waals surface area contributed by atoms with Crippen LogP contribution in [-0.4, -0.2) is 29.9 Å². The van der Waals surface area contributed by atoms with Gasteiger partial charge in [0.1, 0.15) is 0 Å². The zero-order chi connectivity index (χ0) is 68.7. The summed E-state index contributed by atoms with van der Waals surface area (Å²) in [6.07, 6.45) is 0. The van der Waals surface area contributed by atoms with Crippen molar-refractivity contribution in [1.82, 2.24) is 29.9 Å². The first-order valence-corrected chi connectivity index (χ1v) is 36.1. The van der Waals surface area contributed by atoms with Gasteiger partial charge < -0.3 is 0 Å². The molecule has 484 valence electrons. The monoisotopic (exact) mass is 1330 g/mol. The highest BCUT2D eigenvalue weighted by atomic mass is 32.1. The minimum atomic E-state index is -0.0338. The fourth-order valence-corrected chi connectivity index (χ4v) is 17.7. The molecule has 16 aromatic carbocycles. The summed E-state index contributed by atoms with van der Waals surface area (Å²) in [7, 11) is 0. The van der Waals surface area contributed by atoms with E-state index >= 15 is 0 Å². The summed E-state index contributed by atoms with van der Waals surface area (Å²) in [5.74, 6) is 3.97. The number of nitrogens with zero attached hydrogens (tertiary/aromatic N) is 6. The Bertz CT molecular complexity index is 6680. The first-order chi connectivity index (χ1) is 50.5. The molecule has 0 amide bonds. The highest BCUT2D eigenvalue weighted by molar-refractivity contribution is 7.25. The highest BCUT2D eigenvalue weighted by Crippen LogP contribution is 2.54. The molecule has 7 heteroatoms. The third-order valence-corrected chi connectivity index (χ3v) is 22.9. The molecule has 0 unspecified atom stereocenters. The maximum absolute atomic E-state index is 5.15.